The van der Waals surface area contributed by atoms with Crippen molar-refractivity contribution in [3.05, 3.63) is 144 Å². The Balaban J connectivity index is 0.000000321. The highest BCUT2D eigenvalue weighted by molar-refractivity contribution is 8.77. The number of hydrogen-bond donors (Lipinski definition) is 3. The van der Waals surface area contributed by atoms with Crippen molar-refractivity contribution in [2.75, 3.05) is 141 Å². The number of alkyl halides is 2. The molecule has 4 fully saturated rings. The third kappa shape index (κ3) is 39.7. The lowest BCUT2D eigenvalue weighted by Gasteiger charge is -2.31. The maximum atomic E-state index is 13.4. The molecule has 19 nitrogen and oxygen atoms in total. The van der Waals surface area contributed by atoms with E-state index in [-0.39, 0.29) is 55.1 Å². The number of carbonyl (C=O) groups excluding carboxylic acids is 6. The van der Waals surface area contributed by atoms with Gasteiger partial charge in [0, 0.05) is 140 Å². The lowest BCUT2D eigenvalue weighted by Crippen LogP contribution is -2.49. The first-order valence-corrected chi connectivity index (χ1v) is 40.4. The molecule has 26 heteroatoms. The van der Waals surface area contributed by atoms with E-state index in [2.05, 4.69) is 41.6 Å². The van der Waals surface area contributed by atoms with Crippen molar-refractivity contribution in [3.8, 4) is 0 Å². The van der Waals surface area contributed by atoms with Crippen LogP contribution in [0, 0.1) is 0 Å². The summed E-state index contributed by atoms with van der Waals surface area (Å²) in [5, 5.41) is 11.5. The van der Waals surface area contributed by atoms with E-state index in [1.165, 1.54) is 50.4 Å². The van der Waals surface area contributed by atoms with Crippen LogP contribution < -0.4 is 16.0 Å². The molecule has 4 aliphatic rings. The zero-order valence-corrected chi connectivity index (χ0v) is 62.7. The maximum Gasteiger partial charge on any atom is 0.410 e. The van der Waals surface area contributed by atoms with E-state index >= 15 is 0 Å². The zero-order chi connectivity index (χ0) is 69.8. The predicted molar refractivity (Wildman–Crippen MR) is 403 cm³/mol. The molecule has 0 aliphatic carbocycles. The van der Waals surface area contributed by atoms with E-state index in [0.29, 0.717) is 123 Å². The number of unbranched alkanes of at least 4 members (excludes halogenated alkanes) is 2. The van der Waals surface area contributed by atoms with E-state index in [9.17, 15) is 28.8 Å². The van der Waals surface area contributed by atoms with Gasteiger partial charge >= 0.3 is 24.4 Å². The molecule has 4 saturated heterocycles. The maximum absolute atomic E-state index is 13.4. The van der Waals surface area contributed by atoms with Gasteiger partial charge in [-0.2, -0.15) is 0 Å². The summed E-state index contributed by atoms with van der Waals surface area (Å²) in [6.07, 6.45) is 8.53. The fraction of sp³-hybridized carbons (Fsp3) is 0.577. The summed E-state index contributed by atoms with van der Waals surface area (Å²) in [4.78, 5) is 85.8. The summed E-state index contributed by atoms with van der Waals surface area (Å²) in [5.74, 6) is 2.56. The Morgan fingerprint density at radius 1 is 0.423 bits per heavy atom. The minimum atomic E-state index is -0.395. The van der Waals surface area contributed by atoms with Crippen LogP contribution in [0.2, 0.25) is 0 Å². The first kappa shape index (κ1) is 84.6. The molecular weight excluding hydrogens is 1370 g/mol. The molecule has 2 unspecified atom stereocenters. The average Bonchev–Trinajstić information content (AvgIpc) is 1.95. The number of amides is 5. The van der Waals surface area contributed by atoms with Crippen molar-refractivity contribution < 1.29 is 47.7 Å². The minimum absolute atomic E-state index is 0.0545. The Morgan fingerprint density at radius 3 is 0.959 bits per heavy atom. The average molecular weight is 1480 g/mol. The Bertz CT molecular complexity index is 2550. The van der Waals surface area contributed by atoms with Gasteiger partial charge in [0.2, 0.25) is 11.1 Å². The van der Waals surface area contributed by atoms with E-state index in [1.807, 2.05) is 165 Å². The van der Waals surface area contributed by atoms with Crippen LogP contribution in [0.15, 0.2) is 121 Å². The number of halogens is 3. The number of benzene rings is 4. The lowest BCUT2D eigenvalue weighted by molar-refractivity contribution is -0.131. The third-order valence-electron chi connectivity index (χ3n) is 15.9. The van der Waals surface area contributed by atoms with Gasteiger partial charge in [-0.05, 0) is 92.0 Å². The Hall–Kier alpha value is -4.79. The van der Waals surface area contributed by atoms with Gasteiger partial charge in [-0.3, -0.25) is 9.59 Å². The van der Waals surface area contributed by atoms with Crippen molar-refractivity contribution in [1.82, 2.24) is 45.3 Å². The topological polar surface area (TPSA) is 195 Å². The van der Waals surface area contributed by atoms with Crippen molar-refractivity contribution >= 4 is 114 Å². The number of carbonyl (C=O) groups is 6. The monoisotopic (exact) mass is 1480 g/mol. The SMILES string of the molecule is CCN(CC)CC.ClCCl.O=C(CCCCC1CCSS1)N1CCN(C(=O)OCc2ccccc2)CCNCCN(C(=O)OCc2ccccc2)CC1.O=C(Cl)CCCCC1CCSS1.O=C(OCc1ccccc1)N1CCNCCN(C(=O)OCc2ccccc2)CCNCC1. The molecule has 0 aromatic heterocycles. The molecule has 4 aromatic rings. The third-order valence-corrected chi connectivity index (χ3v) is 22.2. The van der Waals surface area contributed by atoms with Crippen molar-refractivity contribution in [2.45, 2.75) is 122 Å². The van der Waals surface area contributed by atoms with Gasteiger partial charge in [-0.15, -0.1) is 23.2 Å². The number of rotatable bonds is 21. The number of nitrogens with one attached hydrogen (secondary N) is 3. The normalized spacial score (nSPS) is 17.2. The fourth-order valence-electron chi connectivity index (χ4n) is 10.2. The van der Waals surface area contributed by atoms with Gasteiger partial charge in [0.1, 0.15) is 26.4 Å². The molecule has 4 aromatic carbocycles. The highest BCUT2D eigenvalue weighted by Gasteiger charge is 2.25. The number of nitrogens with zero attached hydrogens (tertiary/aromatic N) is 6. The molecule has 97 heavy (non-hydrogen) atoms. The second-order valence-electron chi connectivity index (χ2n) is 23.0. The van der Waals surface area contributed by atoms with Crippen LogP contribution in [0.5, 0.6) is 0 Å². The quantitative estimate of drug-likeness (QED) is 0.0234. The van der Waals surface area contributed by atoms with Crippen molar-refractivity contribution in [3.63, 3.8) is 0 Å². The van der Waals surface area contributed by atoms with Crippen molar-refractivity contribution in [1.29, 1.82) is 0 Å². The number of hydrogen-bond acceptors (Lipinski definition) is 18. The van der Waals surface area contributed by atoms with Crippen molar-refractivity contribution in [2.24, 2.45) is 0 Å². The summed E-state index contributed by atoms with van der Waals surface area (Å²) in [6.45, 7) is 19.1. The Morgan fingerprint density at radius 2 is 0.701 bits per heavy atom. The molecule has 5 amide bonds. The van der Waals surface area contributed by atoms with E-state index in [1.54, 1.807) is 24.5 Å². The summed E-state index contributed by atoms with van der Waals surface area (Å²) >= 11 is 14.8. The minimum Gasteiger partial charge on any atom is -0.445 e. The smallest absolute Gasteiger partial charge is 0.410 e. The van der Waals surface area contributed by atoms with Crippen LogP contribution >= 0.6 is 78.0 Å². The molecule has 0 spiro atoms. The van der Waals surface area contributed by atoms with Gasteiger partial charge in [0.15, 0.2) is 0 Å². The van der Waals surface area contributed by atoms with E-state index in [4.69, 9.17) is 53.8 Å². The number of ether oxygens (including phenoxy) is 4. The summed E-state index contributed by atoms with van der Waals surface area (Å²) < 4.78 is 22.2. The second kappa shape index (κ2) is 55.0. The highest BCUT2D eigenvalue weighted by Crippen LogP contribution is 2.40. The molecule has 8 rings (SSSR count). The van der Waals surface area contributed by atoms with Crippen LogP contribution in [-0.4, -0.2) is 217 Å². The van der Waals surface area contributed by atoms with Crippen LogP contribution in [0.3, 0.4) is 0 Å². The molecule has 0 radical (unpaired) electrons. The van der Waals surface area contributed by atoms with Gasteiger partial charge in [0.25, 0.3) is 0 Å². The molecule has 4 aliphatic heterocycles. The van der Waals surface area contributed by atoms with E-state index in [0.717, 1.165) is 59.6 Å². The molecule has 2 atom stereocenters. The summed E-state index contributed by atoms with van der Waals surface area (Å²) in [7, 11) is 7.88. The highest BCUT2D eigenvalue weighted by atomic mass is 35.5. The largest absolute Gasteiger partial charge is 0.445 e. The Kier molecular flexibility index (Phi) is 48.0. The Labute approximate surface area is 609 Å². The molecule has 0 saturated carbocycles. The zero-order valence-electron chi connectivity index (χ0n) is 57.2. The van der Waals surface area contributed by atoms with Gasteiger partial charge < -0.3 is 64.3 Å². The summed E-state index contributed by atoms with van der Waals surface area (Å²) in [6, 6.07) is 38.5. The lowest BCUT2D eigenvalue weighted by atomic mass is 10.1. The van der Waals surface area contributed by atoms with Gasteiger partial charge in [0.05, 0.1) is 5.34 Å². The predicted octanol–water partition coefficient (Wildman–Crippen LogP) is 14.1. The fourth-order valence-corrected chi connectivity index (χ4v) is 16.4. The molecule has 4 heterocycles. The second-order valence-corrected chi connectivity index (χ2v) is 29.8. The summed E-state index contributed by atoms with van der Waals surface area (Å²) in [5.41, 5.74) is 3.78. The van der Waals surface area contributed by atoms with Gasteiger partial charge in [-0.1, -0.05) is 198 Å². The molecule has 0 bridgehead atoms. The van der Waals surface area contributed by atoms with Crippen LogP contribution in [0.25, 0.3) is 0 Å². The first-order valence-electron chi connectivity index (χ1n) is 34.2. The first-order chi connectivity index (χ1) is 47.3. The van der Waals surface area contributed by atoms with Gasteiger partial charge in [-0.25, -0.2) is 19.2 Å². The van der Waals surface area contributed by atoms with Crippen LogP contribution in [0.1, 0.15) is 107 Å². The van der Waals surface area contributed by atoms with Crippen LogP contribution in [-0.2, 0) is 55.0 Å². The van der Waals surface area contributed by atoms with Crippen LogP contribution in [0.4, 0.5) is 19.2 Å². The molecule has 540 valence electrons. The van der Waals surface area contributed by atoms with E-state index < -0.39 is 12.2 Å². The molecular formula is C71H106Cl3N9O10S4. The molecule has 3 N–H and O–H groups in total. The standard InChI is InChI=1S/C32H44N4O5S2.C24H32N4O4.C8H13ClOS2.C6H15N.CH2Cl2/c37-30(14-8-7-13-29-15-24-42-43-29)34-20-22-35(31(38)40-25-27-9-3-1-4-10-27)18-16-33-17-19-36(23-21-34)32(39)41-26-28-11-5-2-6-12-28;29-23(31-19-21-7-3-1-4-8-21)27-15-11-25-13-17-28(18-14-26-12-16-27)24(30)32-20-22-9-5-2-6-10-22;9-8(10)4-2-1-3-7-5-6-11-12-7;1-4-7(5-2)6-3;2-1-3/h1-6,9-12,29,33H,7-8,13-26H2;1-10,25-26H,11-20H2;7H,1-6H2;4-6H2,1-3H3;1H2.